The minimum absolute atomic E-state index is 0.0164. The molecule has 1 aliphatic rings. The van der Waals surface area contributed by atoms with Crippen molar-refractivity contribution in [3.05, 3.63) is 35.6 Å². The highest BCUT2D eigenvalue weighted by Gasteiger charge is 2.32. The van der Waals surface area contributed by atoms with Crippen LogP contribution in [0, 0.1) is 11.2 Å². The van der Waals surface area contributed by atoms with E-state index in [-0.39, 0.29) is 17.9 Å². The number of nitrogens with zero attached hydrogens (tertiary/aromatic N) is 1. The van der Waals surface area contributed by atoms with E-state index < -0.39 is 0 Å². The molecule has 0 aromatic heterocycles. The number of hydrogen-bond donors (Lipinski definition) is 1. The Morgan fingerprint density at radius 1 is 1.21 bits per heavy atom. The molecule has 2 rings (SSSR count). The lowest BCUT2D eigenvalue weighted by atomic mass is 9.81. The Labute approximate surface area is 115 Å². The van der Waals surface area contributed by atoms with Gasteiger partial charge in [-0.05, 0) is 44.3 Å². The van der Waals surface area contributed by atoms with Gasteiger partial charge in [-0.1, -0.05) is 32.0 Å². The highest BCUT2D eigenvalue weighted by molar-refractivity contribution is 5.23. The van der Waals surface area contributed by atoms with Gasteiger partial charge in [0.2, 0.25) is 0 Å². The molecule has 2 N–H and O–H groups in total. The molecule has 3 heteroatoms. The van der Waals surface area contributed by atoms with Crippen LogP contribution in [0.3, 0.4) is 0 Å². The minimum atomic E-state index is -0.144. The zero-order valence-corrected chi connectivity index (χ0v) is 12.2. The maximum atomic E-state index is 14.0. The van der Waals surface area contributed by atoms with E-state index in [2.05, 4.69) is 18.7 Å². The van der Waals surface area contributed by atoms with Gasteiger partial charge in [0.25, 0.3) is 0 Å². The normalized spacial score (nSPS) is 23.0. The smallest absolute Gasteiger partial charge is 0.128 e. The van der Waals surface area contributed by atoms with Crippen molar-refractivity contribution >= 4 is 0 Å². The van der Waals surface area contributed by atoms with E-state index in [0.29, 0.717) is 5.41 Å². The summed E-state index contributed by atoms with van der Waals surface area (Å²) in [7, 11) is 0. The van der Waals surface area contributed by atoms with Gasteiger partial charge in [0, 0.05) is 11.6 Å². The van der Waals surface area contributed by atoms with Crippen molar-refractivity contribution in [2.45, 2.75) is 45.7 Å². The van der Waals surface area contributed by atoms with Crippen molar-refractivity contribution in [3.63, 3.8) is 0 Å². The quantitative estimate of drug-likeness (QED) is 0.907. The van der Waals surface area contributed by atoms with Gasteiger partial charge < -0.3 is 5.73 Å². The van der Waals surface area contributed by atoms with Gasteiger partial charge in [-0.3, -0.25) is 4.90 Å². The third-order valence-electron chi connectivity index (χ3n) is 4.27. The number of nitrogens with two attached hydrogens (primary N) is 1. The Bertz CT molecular complexity index is 419. The Hall–Kier alpha value is -0.930. The van der Waals surface area contributed by atoms with Crippen molar-refractivity contribution in [1.29, 1.82) is 0 Å². The van der Waals surface area contributed by atoms with Gasteiger partial charge in [0.1, 0.15) is 5.82 Å². The third kappa shape index (κ3) is 3.34. The highest BCUT2D eigenvalue weighted by Crippen LogP contribution is 2.35. The first-order chi connectivity index (χ1) is 8.91. The summed E-state index contributed by atoms with van der Waals surface area (Å²) in [5, 5.41) is 0. The Balaban J connectivity index is 2.20. The van der Waals surface area contributed by atoms with Crippen molar-refractivity contribution < 1.29 is 4.39 Å². The van der Waals surface area contributed by atoms with E-state index in [9.17, 15) is 4.39 Å². The van der Waals surface area contributed by atoms with E-state index in [1.165, 1.54) is 6.07 Å². The van der Waals surface area contributed by atoms with E-state index in [4.69, 9.17) is 5.73 Å². The first-order valence-electron chi connectivity index (χ1n) is 7.15. The summed E-state index contributed by atoms with van der Waals surface area (Å²) in [6.45, 7) is 8.56. The third-order valence-corrected chi connectivity index (χ3v) is 4.27. The fourth-order valence-corrected chi connectivity index (χ4v) is 2.93. The van der Waals surface area contributed by atoms with Crippen LogP contribution in [0.4, 0.5) is 4.39 Å². The summed E-state index contributed by atoms with van der Waals surface area (Å²) in [6.07, 6.45) is 2.29. The number of hydrogen-bond acceptors (Lipinski definition) is 2. The molecule has 1 heterocycles. The largest absolute Gasteiger partial charge is 0.326 e. The first-order valence-corrected chi connectivity index (χ1v) is 7.15. The topological polar surface area (TPSA) is 29.3 Å². The van der Waals surface area contributed by atoms with Gasteiger partial charge in [0.05, 0.1) is 6.04 Å². The number of likely N-dealkylation sites (tertiary alicyclic amines) is 1. The van der Waals surface area contributed by atoms with E-state index in [0.717, 1.165) is 31.5 Å². The fraction of sp³-hybridized carbons (Fsp3) is 0.625. The summed E-state index contributed by atoms with van der Waals surface area (Å²) >= 11 is 0. The van der Waals surface area contributed by atoms with Gasteiger partial charge >= 0.3 is 0 Å². The summed E-state index contributed by atoms with van der Waals surface area (Å²) in [6, 6.07) is 6.93. The molecule has 2 unspecified atom stereocenters. The van der Waals surface area contributed by atoms with Crippen molar-refractivity contribution in [3.8, 4) is 0 Å². The van der Waals surface area contributed by atoms with E-state index >= 15 is 0 Å². The van der Waals surface area contributed by atoms with E-state index in [1.54, 1.807) is 6.07 Å². The average Bonchev–Trinajstić information content (AvgIpc) is 2.33. The van der Waals surface area contributed by atoms with Crippen molar-refractivity contribution in [2.24, 2.45) is 11.1 Å². The number of halogens is 1. The molecule has 0 bridgehead atoms. The second-order valence-electron chi connectivity index (χ2n) is 6.53. The molecule has 0 aliphatic carbocycles. The van der Waals surface area contributed by atoms with Crippen LogP contribution < -0.4 is 5.73 Å². The zero-order chi connectivity index (χ0) is 14.0. The molecule has 2 nitrogen and oxygen atoms in total. The second kappa shape index (κ2) is 5.59. The van der Waals surface area contributed by atoms with Gasteiger partial charge in [-0.15, -0.1) is 0 Å². The van der Waals surface area contributed by atoms with Crippen LogP contribution in [0.15, 0.2) is 24.3 Å². The molecule has 1 aromatic carbocycles. The van der Waals surface area contributed by atoms with Crippen LogP contribution in [-0.4, -0.2) is 24.0 Å². The second-order valence-corrected chi connectivity index (χ2v) is 6.53. The Morgan fingerprint density at radius 2 is 1.79 bits per heavy atom. The standard InChI is InChI=1S/C16H25FN2/c1-12(18)15(13-6-4-5-7-14(13)17)19-10-8-16(2,3)9-11-19/h4-7,12,15H,8-11,18H2,1-3H3. The summed E-state index contributed by atoms with van der Waals surface area (Å²) in [5.41, 5.74) is 7.26. The van der Waals surface area contributed by atoms with Crippen LogP contribution in [0.1, 0.15) is 45.2 Å². The number of piperidine rings is 1. The monoisotopic (exact) mass is 264 g/mol. The Morgan fingerprint density at radius 3 is 2.32 bits per heavy atom. The van der Waals surface area contributed by atoms with Gasteiger partial charge in [-0.2, -0.15) is 0 Å². The Kier molecular flexibility index (Phi) is 4.26. The molecular weight excluding hydrogens is 239 g/mol. The summed E-state index contributed by atoms with van der Waals surface area (Å²) < 4.78 is 14.0. The van der Waals surface area contributed by atoms with Crippen LogP contribution in [0.5, 0.6) is 0 Å². The highest BCUT2D eigenvalue weighted by atomic mass is 19.1. The predicted octanol–water partition coefficient (Wildman–Crippen LogP) is 3.34. The van der Waals surface area contributed by atoms with Crippen LogP contribution in [0.2, 0.25) is 0 Å². The summed E-state index contributed by atoms with van der Waals surface area (Å²) in [4.78, 5) is 2.34. The molecule has 2 atom stereocenters. The van der Waals surface area contributed by atoms with Crippen LogP contribution >= 0.6 is 0 Å². The maximum Gasteiger partial charge on any atom is 0.128 e. The SMILES string of the molecule is CC(N)C(c1ccccc1F)N1CCC(C)(C)CC1. The maximum absolute atomic E-state index is 14.0. The lowest BCUT2D eigenvalue weighted by Gasteiger charge is -2.42. The molecule has 0 spiro atoms. The minimum Gasteiger partial charge on any atom is -0.326 e. The van der Waals surface area contributed by atoms with Gasteiger partial charge in [-0.25, -0.2) is 4.39 Å². The number of benzene rings is 1. The molecule has 1 aromatic rings. The summed E-state index contributed by atoms with van der Waals surface area (Å²) in [5.74, 6) is -0.144. The molecule has 19 heavy (non-hydrogen) atoms. The molecule has 0 radical (unpaired) electrons. The van der Waals surface area contributed by atoms with Gasteiger partial charge in [0.15, 0.2) is 0 Å². The number of rotatable bonds is 3. The first kappa shape index (κ1) is 14.5. The molecule has 1 saturated heterocycles. The van der Waals surface area contributed by atoms with Crippen molar-refractivity contribution in [1.82, 2.24) is 4.90 Å². The van der Waals surface area contributed by atoms with E-state index in [1.807, 2.05) is 19.1 Å². The van der Waals surface area contributed by atoms with Crippen molar-refractivity contribution in [2.75, 3.05) is 13.1 Å². The molecule has 1 aliphatic heterocycles. The fourth-order valence-electron chi connectivity index (χ4n) is 2.93. The predicted molar refractivity (Wildman–Crippen MR) is 77.4 cm³/mol. The average molecular weight is 264 g/mol. The van der Waals surface area contributed by atoms with Crippen LogP contribution in [0.25, 0.3) is 0 Å². The van der Waals surface area contributed by atoms with Crippen LogP contribution in [-0.2, 0) is 0 Å². The molecule has 0 saturated carbocycles. The molecule has 0 amide bonds. The zero-order valence-electron chi connectivity index (χ0n) is 12.2. The lowest BCUT2D eigenvalue weighted by molar-refractivity contribution is 0.0826. The lowest BCUT2D eigenvalue weighted by Crippen LogP contribution is -2.45. The molecule has 1 fully saturated rings. The molecular formula is C16H25FN2. The molecule has 106 valence electrons.